The molecule has 10 aromatic rings. The first kappa shape index (κ1) is 35.2. The van der Waals surface area contributed by atoms with E-state index < -0.39 is 5.41 Å². The lowest BCUT2D eigenvalue weighted by Crippen LogP contribution is -2.26. The van der Waals surface area contributed by atoms with E-state index in [4.69, 9.17) is 0 Å². The smallest absolute Gasteiger partial charge is 0.0622 e. The highest BCUT2D eigenvalue weighted by Crippen LogP contribution is 2.64. The minimum atomic E-state index is -0.492. The van der Waals surface area contributed by atoms with Gasteiger partial charge in [0.2, 0.25) is 0 Å². The molecule has 0 unspecified atom stereocenters. The Morgan fingerprint density at radius 3 is 1.48 bits per heavy atom. The lowest BCUT2D eigenvalue weighted by Gasteiger charge is -2.31. The number of fused-ring (bicyclic) bond motifs is 14. The van der Waals surface area contributed by atoms with Crippen LogP contribution in [0.25, 0.3) is 88.7 Å². The van der Waals surface area contributed by atoms with Gasteiger partial charge in [-0.3, -0.25) is 0 Å². The molecule has 1 spiro atoms. The Bertz CT molecular complexity index is 3440. The Morgan fingerprint density at radius 1 is 0.258 bits per heavy atom. The van der Waals surface area contributed by atoms with Gasteiger partial charge in [0.25, 0.3) is 0 Å². The van der Waals surface area contributed by atoms with Gasteiger partial charge < -0.3 is 0 Å². The normalized spacial score (nSPS) is 14.2. The molecule has 0 saturated heterocycles. The van der Waals surface area contributed by atoms with Crippen molar-refractivity contribution in [1.82, 2.24) is 0 Å². The summed E-state index contributed by atoms with van der Waals surface area (Å²) in [7, 11) is 0. The minimum absolute atomic E-state index is 0.0683. The summed E-state index contributed by atoms with van der Waals surface area (Å²) in [5.74, 6) is 0. The maximum Gasteiger partial charge on any atom is 0.0725 e. The zero-order valence-electron chi connectivity index (χ0n) is 34.8. The van der Waals surface area contributed by atoms with E-state index in [0.717, 1.165) is 0 Å². The van der Waals surface area contributed by atoms with Crippen LogP contribution < -0.4 is 0 Å². The summed E-state index contributed by atoms with van der Waals surface area (Å²) in [6, 6.07) is 82.4. The minimum Gasteiger partial charge on any atom is -0.0622 e. The summed E-state index contributed by atoms with van der Waals surface area (Å²) < 4.78 is 0. The second kappa shape index (κ2) is 13.0. The largest absolute Gasteiger partial charge is 0.0725 e. The Hall–Kier alpha value is -7.54. The maximum absolute atomic E-state index is 2.55. The van der Waals surface area contributed by atoms with Crippen molar-refractivity contribution in [2.24, 2.45) is 0 Å². The summed E-state index contributed by atoms with van der Waals surface area (Å²) in [6.07, 6.45) is 0. The molecule has 0 atom stereocenters. The first-order valence-corrected chi connectivity index (χ1v) is 21.9. The molecule has 3 aliphatic carbocycles. The third kappa shape index (κ3) is 4.78. The highest BCUT2D eigenvalue weighted by atomic mass is 14.5. The van der Waals surface area contributed by atoms with Gasteiger partial charge in [-0.25, -0.2) is 0 Å². The average molecular weight is 787 g/mol. The van der Waals surface area contributed by atoms with E-state index >= 15 is 0 Å². The first-order chi connectivity index (χ1) is 30.5. The molecule has 10 aromatic carbocycles. The molecular weight excluding hydrogens is 745 g/mol. The molecule has 0 amide bonds. The van der Waals surface area contributed by atoms with E-state index in [1.165, 1.54) is 122 Å². The van der Waals surface area contributed by atoms with Crippen LogP contribution in [0.15, 0.2) is 218 Å². The third-order valence-corrected chi connectivity index (χ3v) is 14.5. The highest BCUT2D eigenvalue weighted by molar-refractivity contribution is 6.01. The van der Waals surface area contributed by atoms with Gasteiger partial charge >= 0.3 is 0 Å². The second-order valence-corrected chi connectivity index (χ2v) is 18.0. The van der Waals surface area contributed by atoms with Crippen LogP contribution in [0.1, 0.15) is 47.2 Å². The molecule has 0 nitrogen and oxygen atoms in total. The second-order valence-electron chi connectivity index (χ2n) is 18.0. The molecule has 0 heterocycles. The molecule has 290 valence electrons. The van der Waals surface area contributed by atoms with Crippen LogP contribution in [0, 0.1) is 0 Å². The molecular formula is C62H42. The molecule has 3 aliphatic rings. The predicted octanol–water partition coefficient (Wildman–Crippen LogP) is 16.2. The fourth-order valence-corrected chi connectivity index (χ4v) is 11.7. The summed E-state index contributed by atoms with van der Waals surface area (Å²) in [5, 5.41) is 2.51. The van der Waals surface area contributed by atoms with Crippen molar-refractivity contribution in [1.29, 1.82) is 0 Å². The highest BCUT2D eigenvalue weighted by Gasteiger charge is 2.52. The number of benzene rings is 10. The molecule has 0 heteroatoms. The Morgan fingerprint density at radius 2 is 0.742 bits per heavy atom. The maximum atomic E-state index is 2.55. The molecule has 0 bridgehead atoms. The van der Waals surface area contributed by atoms with Crippen LogP contribution in [-0.4, -0.2) is 0 Å². The van der Waals surface area contributed by atoms with Gasteiger partial charge in [-0.2, -0.15) is 0 Å². The van der Waals surface area contributed by atoms with E-state index in [0.29, 0.717) is 0 Å². The fraction of sp³-hybridized carbons (Fsp3) is 0.0645. The van der Waals surface area contributed by atoms with Crippen LogP contribution in [-0.2, 0) is 10.8 Å². The molecule has 0 aromatic heterocycles. The third-order valence-electron chi connectivity index (χ3n) is 14.5. The van der Waals surface area contributed by atoms with E-state index in [1.54, 1.807) is 0 Å². The molecule has 62 heavy (non-hydrogen) atoms. The quantitative estimate of drug-likeness (QED) is 0.167. The van der Waals surface area contributed by atoms with Crippen LogP contribution in [0.5, 0.6) is 0 Å². The predicted molar refractivity (Wildman–Crippen MR) is 260 cm³/mol. The van der Waals surface area contributed by atoms with Gasteiger partial charge in [0, 0.05) is 5.41 Å². The summed E-state index contributed by atoms with van der Waals surface area (Å²) >= 11 is 0. The van der Waals surface area contributed by atoms with Gasteiger partial charge in [-0.05, 0) is 152 Å². The first-order valence-electron chi connectivity index (χ1n) is 21.9. The molecule has 0 fully saturated rings. The Balaban J connectivity index is 1.06. The fourth-order valence-electron chi connectivity index (χ4n) is 11.7. The van der Waals surface area contributed by atoms with Gasteiger partial charge in [0.1, 0.15) is 0 Å². The van der Waals surface area contributed by atoms with Crippen molar-refractivity contribution in [3.05, 3.63) is 252 Å². The van der Waals surface area contributed by atoms with Crippen molar-refractivity contribution >= 4 is 10.8 Å². The molecule has 0 N–H and O–H groups in total. The number of hydrogen-bond donors (Lipinski definition) is 0. The SMILES string of the molecule is CC1(C)c2ccccc2-c2c(-c3ccc4c(c3)C3(c5ccccc5-c5ccccc53)c3cc(-c5cc(-c6ccccc6)cc(-c6cccc7ccccc67)c5)ccc3-4)cccc21. The summed E-state index contributed by atoms with van der Waals surface area (Å²) in [4.78, 5) is 0. The monoisotopic (exact) mass is 786 g/mol. The van der Waals surface area contributed by atoms with Gasteiger partial charge in [0.05, 0.1) is 5.41 Å². The standard InChI is InChI=1S/C62H42/c1-61(2)54-26-11-10-23-53(54)60-48(25-15-29-57(60)61)42-31-33-52-51-32-30-41(37-58(51)62(59(52)38-42)55-27-12-8-21-49(55)50-22-9-13-28-56(50)62)44-34-43(39-16-4-3-5-17-39)35-45(36-44)47-24-14-19-40-18-6-7-20-46(40)47/h3-38H,1-2H3. The summed E-state index contributed by atoms with van der Waals surface area (Å²) in [5.41, 5.74) is 25.5. The van der Waals surface area contributed by atoms with Crippen molar-refractivity contribution in [3.8, 4) is 77.9 Å². The zero-order valence-corrected chi connectivity index (χ0v) is 34.8. The number of rotatable bonds is 4. The molecule has 0 saturated carbocycles. The zero-order chi connectivity index (χ0) is 41.2. The van der Waals surface area contributed by atoms with Gasteiger partial charge in [0.15, 0.2) is 0 Å². The van der Waals surface area contributed by atoms with Crippen molar-refractivity contribution in [2.45, 2.75) is 24.7 Å². The van der Waals surface area contributed by atoms with Gasteiger partial charge in [-0.1, -0.05) is 202 Å². The lowest BCUT2D eigenvalue weighted by molar-refractivity contribution is 0.660. The number of hydrogen-bond acceptors (Lipinski definition) is 0. The van der Waals surface area contributed by atoms with Crippen molar-refractivity contribution < 1.29 is 0 Å². The average Bonchev–Trinajstić information content (AvgIpc) is 3.89. The van der Waals surface area contributed by atoms with Crippen molar-refractivity contribution in [3.63, 3.8) is 0 Å². The van der Waals surface area contributed by atoms with Gasteiger partial charge in [-0.15, -0.1) is 0 Å². The Kier molecular flexibility index (Phi) is 7.38. The van der Waals surface area contributed by atoms with E-state index in [-0.39, 0.29) is 5.41 Å². The van der Waals surface area contributed by atoms with Crippen LogP contribution >= 0.6 is 0 Å². The van der Waals surface area contributed by atoms with E-state index in [9.17, 15) is 0 Å². The molecule has 13 rings (SSSR count). The van der Waals surface area contributed by atoms with Crippen LogP contribution in [0.2, 0.25) is 0 Å². The topological polar surface area (TPSA) is 0 Å². The summed E-state index contributed by atoms with van der Waals surface area (Å²) in [6.45, 7) is 4.75. The Labute approximate surface area is 363 Å². The van der Waals surface area contributed by atoms with Crippen LogP contribution in [0.3, 0.4) is 0 Å². The molecule has 0 aliphatic heterocycles. The van der Waals surface area contributed by atoms with E-state index in [2.05, 4.69) is 232 Å². The van der Waals surface area contributed by atoms with Crippen LogP contribution in [0.4, 0.5) is 0 Å². The van der Waals surface area contributed by atoms with Crippen molar-refractivity contribution in [2.75, 3.05) is 0 Å². The van der Waals surface area contributed by atoms with E-state index in [1.807, 2.05) is 0 Å². The lowest BCUT2D eigenvalue weighted by atomic mass is 9.70. The molecule has 0 radical (unpaired) electrons.